The maximum Gasteiger partial charge on any atom is 0.431 e. The summed E-state index contributed by atoms with van der Waals surface area (Å²) in [7, 11) is 1.62. The van der Waals surface area contributed by atoms with Crippen LogP contribution in [-0.2, 0) is 22.3 Å². The lowest BCUT2D eigenvalue weighted by atomic mass is 9.86. The quantitative estimate of drug-likeness (QED) is 0.788. The molecule has 1 saturated carbocycles. The Kier molecular flexibility index (Phi) is 6.55. The highest BCUT2D eigenvalue weighted by Gasteiger charge is 2.35. The zero-order valence-corrected chi connectivity index (χ0v) is 17.4. The van der Waals surface area contributed by atoms with Gasteiger partial charge >= 0.3 is 6.18 Å². The fraction of sp³-hybridized carbons (Fsp3) is 0.545. The molecule has 0 aliphatic heterocycles. The molecule has 5 nitrogen and oxygen atoms in total. The molecule has 0 radical (unpaired) electrons. The Balaban J connectivity index is 1.87. The van der Waals surface area contributed by atoms with Gasteiger partial charge in [-0.1, -0.05) is 18.1 Å². The van der Waals surface area contributed by atoms with E-state index in [9.17, 15) is 22.8 Å². The Morgan fingerprint density at radius 1 is 1.30 bits per heavy atom. The van der Waals surface area contributed by atoms with E-state index in [1.165, 1.54) is 6.07 Å². The second-order valence-electron chi connectivity index (χ2n) is 8.15. The molecule has 1 aromatic carbocycles. The maximum atomic E-state index is 13.7. The van der Waals surface area contributed by atoms with Gasteiger partial charge < -0.3 is 14.6 Å². The van der Waals surface area contributed by atoms with Crippen molar-refractivity contribution in [3.05, 3.63) is 45.7 Å². The average Bonchev–Trinajstić information content (AvgIpc) is 2.69. The first-order chi connectivity index (χ1) is 14.1. The fourth-order valence-corrected chi connectivity index (χ4v) is 4.20. The number of amides is 1. The third-order valence-electron chi connectivity index (χ3n) is 5.73. The third-order valence-corrected chi connectivity index (χ3v) is 5.73. The first kappa shape index (κ1) is 22.3. The van der Waals surface area contributed by atoms with Gasteiger partial charge in [-0.15, -0.1) is 0 Å². The predicted molar refractivity (Wildman–Crippen MR) is 108 cm³/mol. The normalized spacial score (nSPS) is 20.9. The molecule has 2 aromatic rings. The van der Waals surface area contributed by atoms with Crippen molar-refractivity contribution in [2.45, 2.75) is 64.4 Å². The number of carbonyl (C=O) groups is 1. The number of fused-ring (bicyclic) bond motifs is 1. The lowest BCUT2D eigenvalue weighted by Gasteiger charge is -2.29. The molecule has 3 atom stereocenters. The topological polar surface area (TPSA) is 60.3 Å². The van der Waals surface area contributed by atoms with Crippen LogP contribution >= 0.6 is 0 Å². The number of ether oxygens (including phenoxy) is 1. The SMILES string of the molecule is CO[C@@H]1CCC[C@H](C(=O)N[C@H](C)Cn2c(C(F)(F)F)cc(=O)c3cc(C)ccc32)C1. The molecule has 30 heavy (non-hydrogen) atoms. The molecule has 8 heteroatoms. The van der Waals surface area contributed by atoms with Crippen LogP contribution in [0, 0.1) is 12.8 Å². The van der Waals surface area contributed by atoms with Crippen LogP contribution in [0.1, 0.15) is 43.9 Å². The summed E-state index contributed by atoms with van der Waals surface area (Å²) < 4.78 is 47.4. The molecule has 1 aliphatic rings. The molecule has 164 valence electrons. The van der Waals surface area contributed by atoms with E-state index < -0.39 is 23.3 Å². The van der Waals surface area contributed by atoms with Crippen LogP contribution in [0.25, 0.3) is 10.9 Å². The predicted octanol–water partition coefficient (Wildman–Crippen LogP) is 4.04. The van der Waals surface area contributed by atoms with Crippen LogP contribution < -0.4 is 10.7 Å². The molecule has 1 aromatic heterocycles. The molecule has 0 saturated heterocycles. The van der Waals surface area contributed by atoms with Crippen molar-refractivity contribution in [2.24, 2.45) is 5.92 Å². The summed E-state index contributed by atoms with van der Waals surface area (Å²) in [5.41, 5.74) is -0.681. The van der Waals surface area contributed by atoms with Gasteiger partial charge in [-0.2, -0.15) is 13.2 Å². The minimum Gasteiger partial charge on any atom is -0.381 e. The van der Waals surface area contributed by atoms with Gasteiger partial charge in [0.25, 0.3) is 0 Å². The largest absolute Gasteiger partial charge is 0.431 e. The van der Waals surface area contributed by atoms with Crippen molar-refractivity contribution < 1.29 is 22.7 Å². The summed E-state index contributed by atoms with van der Waals surface area (Å²) in [4.78, 5) is 24.9. The number of hydrogen-bond acceptors (Lipinski definition) is 3. The fourth-order valence-electron chi connectivity index (χ4n) is 4.20. The summed E-state index contributed by atoms with van der Waals surface area (Å²) in [6.07, 6.45) is -1.50. The number of alkyl halides is 3. The van der Waals surface area contributed by atoms with Gasteiger partial charge in [-0.25, -0.2) is 0 Å². The Bertz CT molecular complexity index is 984. The number of nitrogens with zero attached hydrogens (tertiary/aromatic N) is 1. The van der Waals surface area contributed by atoms with Crippen molar-refractivity contribution in [1.82, 2.24) is 9.88 Å². The number of rotatable bonds is 5. The Hall–Kier alpha value is -2.35. The monoisotopic (exact) mass is 424 g/mol. The van der Waals surface area contributed by atoms with E-state index in [0.29, 0.717) is 12.5 Å². The number of methoxy groups -OCH3 is 1. The summed E-state index contributed by atoms with van der Waals surface area (Å²) >= 11 is 0. The summed E-state index contributed by atoms with van der Waals surface area (Å²) in [5, 5.41) is 3.08. The first-order valence-electron chi connectivity index (χ1n) is 10.1. The van der Waals surface area contributed by atoms with Crippen LogP contribution in [0.5, 0.6) is 0 Å². The number of aryl methyl sites for hydroxylation is 1. The number of aromatic nitrogens is 1. The molecule has 0 spiro atoms. The van der Waals surface area contributed by atoms with Gasteiger partial charge in [-0.3, -0.25) is 9.59 Å². The molecule has 1 fully saturated rings. The number of hydrogen-bond donors (Lipinski definition) is 1. The van der Waals surface area contributed by atoms with E-state index in [1.54, 1.807) is 33.1 Å². The molecule has 3 rings (SSSR count). The van der Waals surface area contributed by atoms with Gasteiger partial charge in [-0.05, 0) is 45.2 Å². The number of benzene rings is 1. The highest BCUT2D eigenvalue weighted by atomic mass is 19.4. The van der Waals surface area contributed by atoms with E-state index in [2.05, 4.69) is 5.32 Å². The Morgan fingerprint density at radius 2 is 2.03 bits per heavy atom. The molecule has 1 heterocycles. The molecule has 1 N–H and O–H groups in total. The Morgan fingerprint density at radius 3 is 2.70 bits per heavy atom. The third kappa shape index (κ3) is 4.86. The van der Waals surface area contributed by atoms with Gasteiger partial charge in [0.2, 0.25) is 5.91 Å². The highest BCUT2D eigenvalue weighted by Crippen LogP contribution is 2.31. The molecule has 1 aliphatic carbocycles. The van der Waals surface area contributed by atoms with E-state index in [-0.39, 0.29) is 35.4 Å². The van der Waals surface area contributed by atoms with Crippen molar-refractivity contribution in [3.63, 3.8) is 0 Å². The van der Waals surface area contributed by atoms with Crippen molar-refractivity contribution in [3.8, 4) is 0 Å². The number of carbonyl (C=O) groups excluding carboxylic acids is 1. The second kappa shape index (κ2) is 8.79. The van der Waals surface area contributed by atoms with Crippen molar-refractivity contribution in [1.29, 1.82) is 0 Å². The van der Waals surface area contributed by atoms with Crippen LogP contribution in [0.3, 0.4) is 0 Å². The van der Waals surface area contributed by atoms with Crippen LogP contribution in [-0.4, -0.2) is 29.7 Å². The van der Waals surface area contributed by atoms with Crippen LogP contribution in [0.15, 0.2) is 29.1 Å². The Labute approximate surface area is 173 Å². The summed E-state index contributed by atoms with van der Waals surface area (Å²) in [6, 6.07) is 4.88. The maximum absolute atomic E-state index is 13.7. The minimum atomic E-state index is -4.68. The standard InChI is InChI=1S/C22H27F3N2O3/c1-13-7-8-18-17(9-13)19(28)11-20(22(23,24)25)27(18)12-14(2)26-21(29)15-5-4-6-16(10-15)30-3/h7-9,11,14-16H,4-6,10,12H2,1-3H3,(H,26,29)/t14-,15+,16-/m1/s1. The van der Waals surface area contributed by atoms with Crippen molar-refractivity contribution in [2.75, 3.05) is 7.11 Å². The van der Waals surface area contributed by atoms with Gasteiger partial charge in [0.1, 0.15) is 5.69 Å². The lowest BCUT2D eigenvalue weighted by Crippen LogP contribution is -2.42. The zero-order chi connectivity index (χ0) is 22.1. The van der Waals surface area contributed by atoms with E-state index in [4.69, 9.17) is 4.74 Å². The minimum absolute atomic E-state index is 0.0350. The first-order valence-corrected chi connectivity index (χ1v) is 10.1. The second-order valence-corrected chi connectivity index (χ2v) is 8.15. The molecule has 0 bridgehead atoms. The lowest BCUT2D eigenvalue weighted by molar-refractivity contribution is -0.143. The average molecular weight is 424 g/mol. The van der Waals surface area contributed by atoms with Gasteiger partial charge in [0, 0.05) is 37.1 Å². The van der Waals surface area contributed by atoms with Gasteiger partial charge in [0.15, 0.2) is 5.43 Å². The summed E-state index contributed by atoms with van der Waals surface area (Å²) in [5.74, 6) is -0.374. The number of halogens is 3. The molecule has 0 unspecified atom stereocenters. The zero-order valence-electron chi connectivity index (χ0n) is 17.4. The number of pyridine rings is 1. The highest BCUT2D eigenvalue weighted by molar-refractivity contribution is 5.81. The van der Waals surface area contributed by atoms with E-state index in [0.717, 1.165) is 29.4 Å². The van der Waals surface area contributed by atoms with E-state index >= 15 is 0 Å². The smallest absolute Gasteiger partial charge is 0.381 e. The molecular formula is C22H27F3N2O3. The number of nitrogens with one attached hydrogen (secondary N) is 1. The van der Waals surface area contributed by atoms with Gasteiger partial charge in [0.05, 0.1) is 11.6 Å². The van der Waals surface area contributed by atoms with Crippen LogP contribution in [0.4, 0.5) is 13.2 Å². The molecular weight excluding hydrogens is 397 g/mol. The summed E-state index contributed by atoms with van der Waals surface area (Å²) in [6.45, 7) is 3.36. The van der Waals surface area contributed by atoms with Crippen LogP contribution in [0.2, 0.25) is 0 Å². The molecule has 1 amide bonds. The van der Waals surface area contributed by atoms with E-state index in [1.807, 2.05) is 0 Å². The van der Waals surface area contributed by atoms with Crippen molar-refractivity contribution >= 4 is 16.8 Å².